The van der Waals surface area contributed by atoms with E-state index in [0.717, 1.165) is 24.3 Å². The lowest BCUT2D eigenvalue weighted by molar-refractivity contribution is 0.0495. The predicted molar refractivity (Wildman–Crippen MR) is 197 cm³/mol. The average molecular weight is 763 g/mol. The van der Waals surface area contributed by atoms with Gasteiger partial charge in [-0.3, -0.25) is 5.32 Å². The maximum absolute atomic E-state index is 12.5. The van der Waals surface area contributed by atoms with Crippen molar-refractivity contribution in [1.29, 1.82) is 0 Å². The number of methoxy groups -OCH3 is 2. The maximum atomic E-state index is 12.5. The molecule has 0 saturated carbocycles. The number of likely N-dealkylation sites (tertiary alicyclic amines) is 1. The molecule has 6 rings (SSSR count). The van der Waals surface area contributed by atoms with E-state index in [9.17, 15) is 14.4 Å². The van der Waals surface area contributed by atoms with Crippen molar-refractivity contribution >= 4 is 71.8 Å². The Bertz CT molecular complexity index is 1820. The molecule has 52 heavy (non-hydrogen) atoms. The molecule has 0 radical (unpaired) electrons. The number of fused-ring (bicyclic) bond motifs is 2. The summed E-state index contributed by atoms with van der Waals surface area (Å²) in [6, 6.07) is -0.198. The van der Waals surface area contributed by atoms with Gasteiger partial charge in [0.2, 0.25) is 11.8 Å². The minimum atomic E-state index is -0.559. The number of ether oxygens (including phenoxy) is 4. The summed E-state index contributed by atoms with van der Waals surface area (Å²) in [7, 11) is 3.04. The summed E-state index contributed by atoms with van der Waals surface area (Å²) < 4.78 is 20.5. The summed E-state index contributed by atoms with van der Waals surface area (Å²) in [5.41, 5.74) is 5.67. The first kappa shape index (κ1) is 39.9. The van der Waals surface area contributed by atoms with Gasteiger partial charge in [0.25, 0.3) is 0 Å². The molecule has 0 aliphatic carbocycles. The lowest BCUT2D eigenvalue weighted by Gasteiger charge is -2.22. The fourth-order valence-electron chi connectivity index (χ4n) is 4.80. The number of aromatic nitrogens is 6. The highest BCUT2D eigenvalue weighted by molar-refractivity contribution is 7.22. The number of urea groups is 1. The smallest absolute Gasteiger partial charge is 0.407 e. The Morgan fingerprint density at radius 2 is 1.38 bits per heavy atom. The Kier molecular flexibility index (Phi) is 13.5. The zero-order chi connectivity index (χ0) is 38.1. The molecule has 0 unspecified atom stereocenters. The van der Waals surface area contributed by atoms with Crippen LogP contribution in [0.15, 0.2) is 12.7 Å². The molecule has 284 valence electrons. The Labute approximate surface area is 308 Å². The maximum Gasteiger partial charge on any atom is 0.407 e. The van der Waals surface area contributed by atoms with Crippen LogP contribution in [-0.4, -0.2) is 117 Å². The van der Waals surface area contributed by atoms with Crippen LogP contribution >= 0.6 is 22.7 Å². The number of anilines is 2. The van der Waals surface area contributed by atoms with Gasteiger partial charge in [0.15, 0.2) is 31.0 Å². The van der Waals surface area contributed by atoms with E-state index in [1.807, 2.05) is 20.8 Å². The van der Waals surface area contributed by atoms with E-state index < -0.39 is 17.3 Å². The number of nitrogen functional groups attached to an aromatic ring is 1. The Morgan fingerprint density at radius 1 is 0.827 bits per heavy atom. The monoisotopic (exact) mass is 762 g/mol. The van der Waals surface area contributed by atoms with Crippen molar-refractivity contribution in [2.75, 3.05) is 51.4 Å². The molecule has 19 nitrogen and oxygen atoms in total. The molecular formula is C31H46N12O7S2. The van der Waals surface area contributed by atoms with Gasteiger partial charge >= 0.3 is 18.2 Å². The summed E-state index contributed by atoms with van der Waals surface area (Å²) in [6.07, 6.45) is 3.66. The lowest BCUT2D eigenvalue weighted by atomic mass is 10.2. The zero-order valence-electron chi connectivity index (χ0n) is 30.4. The molecule has 2 atom stereocenters. The highest BCUT2D eigenvalue weighted by Crippen LogP contribution is 2.29. The molecule has 2 aliphatic heterocycles. The molecule has 6 N–H and O–H groups in total. The van der Waals surface area contributed by atoms with Crippen LogP contribution in [0.25, 0.3) is 20.7 Å². The van der Waals surface area contributed by atoms with Crippen molar-refractivity contribution in [3.8, 4) is 11.8 Å². The van der Waals surface area contributed by atoms with E-state index in [4.69, 9.17) is 24.7 Å². The van der Waals surface area contributed by atoms with Crippen LogP contribution in [0, 0.1) is 0 Å². The summed E-state index contributed by atoms with van der Waals surface area (Å²) in [4.78, 5) is 62.9. The Balaban J connectivity index is 0.000000200. The number of hydrogen-bond acceptors (Lipinski definition) is 17. The van der Waals surface area contributed by atoms with E-state index in [1.165, 1.54) is 49.5 Å². The number of carbonyl (C=O) groups is 3. The molecule has 0 aromatic carbocycles. The van der Waals surface area contributed by atoms with Crippen LogP contribution in [0.1, 0.15) is 54.4 Å². The highest BCUT2D eigenvalue weighted by Gasteiger charge is 2.29. The van der Waals surface area contributed by atoms with Crippen LogP contribution in [0.3, 0.4) is 0 Å². The summed E-state index contributed by atoms with van der Waals surface area (Å²) in [5, 5.41) is 12.4. The van der Waals surface area contributed by atoms with E-state index in [1.54, 1.807) is 25.7 Å². The third-order valence-electron chi connectivity index (χ3n) is 6.92. The molecule has 0 spiro atoms. The third kappa shape index (κ3) is 12.1. The molecular weight excluding hydrogens is 717 g/mol. The van der Waals surface area contributed by atoms with Gasteiger partial charge in [-0.05, 0) is 60.9 Å². The number of nitrogens with two attached hydrogens (primary N) is 1. The van der Waals surface area contributed by atoms with Crippen LogP contribution in [0.5, 0.6) is 11.8 Å². The normalized spacial score (nSPS) is 17.0. The van der Waals surface area contributed by atoms with Crippen molar-refractivity contribution in [2.45, 2.75) is 77.7 Å². The van der Waals surface area contributed by atoms with Crippen LogP contribution < -0.4 is 36.5 Å². The summed E-state index contributed by atoms with van der Waals surface area (Å²) in [5.74, 6) is 0.826. The number of nitrogens with one attached hydrogen (secondary N) is 4. The molecule has 6 heterocycles. The standard InChI is InChI=1S/C16H22N6O4S.C9H18N2O2.C6H6N4OS/c1-16(2,3)26-15(24)19-9-5-6-22(7-9)14(23)21-13-20-10-11(25-4)17-8-18-12(10)27-13;1-9(2,3)13-8(12)11-7-4-5-10-6-7;1-11-4-3-5(9-2-8-4)12-6(7)10-3/h8-9H,5-7H2,1-4H3,(H,19,24)(H,20,21,23);7,10H,4-6H2,1-3H3,(H,11,12);2H,1H3,(H2,7,10)/t9-;7-;/m01./s1. The molecule has 4 amide bonds. The Hall–Kier alpha value is -4.89. The molecule has 21 heteroatoms. The number of nitrogens with zero attached hydrogens (tertiary/aromatic N) is 7. The molecule has 2 saturated heterocycles. The molecule has 4 aromatic heterocycles. The van der Waals surface area contributed by atoms with Gasteiger partial charge in [-0.25, -0.2) is 34.3 Å². The summed E-state index contributed by atoms with van der Waals surface area (Å²) in [6.45, 7) is 13.7. The van der Waals surface area contributed by atoms with Gasteiger partial charge in [0.1, 0.15) is 23.9 Å². The number of amides is 4. The van der Waals surface area contributed by atoms with Gasteiger partial charge in [-0.15, -0.1) is 0 Å². The Morgan fingerprint density at radius 3 is 1.92 bits per heavy atom. The van der Waals surface area contributed by atoms with Crippen molar-refractivity contribution in [2.24, 2.45) is 0 Å². The first-order chi connectivity index (χ1) is 24.5. The largest absolute Gasteiger partial charge is 0.479 e. The van der Waals surface area contributed by atoms with Crippen molar-refractivity contribution in [3.05, 3.63) is 12.7 Å². The van der Waals surface area contributed by atoms with Crippen molar-refractivity contribution in [1.82, 2.24) is 50.8 Å². The highest BCUT2D eigenvalue weighted by atomic mass is 32.1. The number of carbonyl (C=O) groups excluding carboxylic acids is 3. The lowest BCUT2D eigenvalue weighted by Crippen LogP contribution is -2.42. The zero-order valence-corrected chi connectivity index (χ0v) is 32.1. The van der Waals surface area contributed by atoms with E-state index in [0.29, 0.717) is 57.4 Å². The average Bonchev–Trinajstić information content (AvgIpc) is 3.86. The minimum absolute atomic E-state index is 0.146. The topological polar surface area (TPSA) is 243 Å². The first-order valence-electron chi connectivity index (χ1n) is 16.4. The second kappa shape index (κ2) is 17.6. The molecule has 0 bridgehead atoms. The second-order valence-corrected chi connectivity index (χ2v) is 15.5. The number of thiazole rings is 2. The molecule has 2 fully saturated rings. The predicted octanol–water partition coefficient (Wildman–Crippen LogP) is 3.78. The summed E-state index contributed by atoms with van der Waals surface area (Å²) >= 11 is 2.56. The van der Waals surface area contributed by atoms with E-state index >= 15 is 0 Å². The number of alkyl carbamates (subject to hydrolysis) is 2. The minimum Gasteiger partial charge on any atom is -0.479 e. The van der Waals surface area contributed by atoms with Gasteiger partial charge in [0.05, 0.1) is 20.3 Å². The van der Waals surface area contributed by atoms with E-state index in [-0.39, 0.29) is 24.2 Å². The van der Waals surface area contributed by atoms with Gasteiger partial charge < -0.3 is 45.5 Å². The van der Waals surface area contributed by atoms with Gasteiger partial charge in [0, 0.05) is 25.7 Å². The van der Waals surface area contributed by atoms with Gasteiger partial charge in [-0.2, -0.15) is 9.97 Å². The first-order valence-corrected chi connectivity index (χ1v) is 18.0. The van der Waals surface area contributed by atoms with E-state index in [2.05, 4.69) is 51.2 Å². The van der Waals surface area contributed by atoms with Crippen LogP contribution in [0.4, 0.5) is 24.6 Å². The third-order valence-corrected chi connectivity index (χ3v) is 8.59. The van der Waals surface area contributed by atoms with Crippen molar-refractivity contribution < 1.29 is 33.3 Å². The second-order valence-electron chi connectivity index (χ2n) is 13.5. The van der Waals surface area contributed by atoms with Crippen LogP contribution in [-0.2, 0) is 9.47 Å². The quantitative estimate of drug-likeness (QED) is 0.194. The van der Waals surface area contributed by atoms with Crippen molar-refractivity contribution in [3.63, 3.8) is 0 Å². The number of hydrogen-bond donors (Lipinski definition) is 5. The number of rotatable bonds is 5. The fourth-order valence-corrected chi connectivity index (χ4v) is 6.25. The van der Waals surface area contributed by atoms with Crippen LogP contribution in [0.2, 0.25) is 0 Å². The molecule has 4 aromatic rings. The van der Waals surface area contributed by atoms with Gasteiger partial charge in [-0.1, -0.05) is 22.7 Å². The molecule has 2 aliphatic rings. The fraction of sp³-hybridized carbons (Fsp3) is 0.581. The SMILES string of the molecule is CC(C)(C)OC(=O)N[C@@H]1CCNC1.COc1ncnc2sc(N)nc12.COc1ncnc2sc(NC(=O)N3CC[C@H](NC(=O)OC(C)(C)C)C3)nc12.